The van der Waals surface area contributed by atoms with E-state index >= 15 is 0 Å². The molecule has 2 aromatic carbocycles. The van der Waals surface area contributed by atoms with Crippen molar-refractivity contribution in [2.75, 3.05) is 18.0 Å². The first-order valence-electron chi connectivity index (χ1n) is 8.00. The molecule has 0 atom stereocenters. The number of anilines is 1. The summed E-state index contributed by atoms with van der Waals surface area (Å²) in [6, 6.07) is 10.6. The standard InChI is InChI=1S/C19H20N2O3/c1-13-10-16(21-8-2-3-9-21)6-4-14(13)12-20-15-5-7-18(22)17(11-15)19(23)24/h4-7,10-12,22H,2-3,8-9H2,1H3,(H,23,24). The summed E-state index contributed by atoms with van der Waals surface area (Å²) in [4.78, 5) is 17.8. The Morgan fingerprint density at radius 3 is 2.58 bits per heavy atom. The number of hydrogen-bond acceptors (Lipinski definition) is 4. The van der Waals surface area contributed by atoms with Gasteiger partial charge >= 0.3 is 5.97 Å². The van der Waals surface area contributed by atoms with E-state index in [1.54, 1.807) is 12.3 Å². The van der Waals surface area contributed by atoms with Crippen molar-refractivity contribution in [2.24, 2.45) is 4.99 Å². The van der Waals surface area contributed by atoms with Crippen molar-refractivity contribution in [1.29, 1.82) is 0 Å². The van der Waals surface area contributed by atoms with E-state index in [0.717, 1.165) is 24.2 Å². The molecule has 0 aromatic heterocycles. The summed E-state index contributed by atoms with van der Waals surface area (Å²) in [6.07, 6.45) is 4.21. The van der Waals surface area contributed by atoms with Crippen LogP contribution in [0.3, 0.4) is 0 Å². The van der Waals surface area contributed by atoms with Crippen LogP contribution in [-0.4, -0.2) is 35.5 Å². The van der Waals surface area contributed by atoms with Gasteiger partial charge in [0.25, 0.3) is 0 Å². The van der Waals surface area contributed by atoms with Crippen molar-refractivity contribution in [1.82, 2.24) is 0 Å². The summed E-state index contributed by atoms with van der Waals surface area (Å²) in [5.41, 5.74) is 3.70. The summed E-state index contributed by atoms with van der Waals surface area (Å²) in [5.74, 6) is -1.43. The van der Waals surface area contributed by atoms with Crippen LogP contribution in [0.5, 0.6) is 5.75 Å². The zero-order valence-corrected chi connectivity index (χ0v) is 13.6. The Morgan fingerprint density at radius 2 is 1.92 bits per heavy atom. The van der Waals surface area contributed by atoms with Gasteiger partial charge in [-0.05, 0) is 61.2 Å². The second kappa shape index (κ2) is 6.74. The monoisotopic (exact) mass is 324 g/mol. The Morgan fingerprint density at radius 1 is 1.17 bits per heavy atom. The number of carboxylic acids is 1. The second-order valence-electron chi connectivity index (χ2n) is 6.00. The number of aryl methyl sites for hydroxylation is 1. The van der Waals surface area contributed by atoms with Crippen LogP contribution in [0, 0.1) is 6.92 Å². The van der Waals surface area contributed by atoms with Crippen molar-refractivity contribution in [3.63, 3.8) is 0 Å². The minimum atomic E-state index is -1.17. The van der Waals surface area contributed by atoms with Crippen molar-refractivity contribution in [2.45, 2.75) is 19.8 Å². The lowest BCUT2D eigenvalue weighted by Gasteiger charge is -2.18. The lowest BCUT2D eigenvalue weighted by molar-refractivity contribution is 0.0694. The van der Waals surface area contributed by atoms with Gasteiger partial charge in [-0.1, -0.05) is 6.07 Å². The molecule has 0 bridgehead atoms. The Bertz CT molecular complexity index is 793. The van der Waals surface area contributed by atoms with Crippen LogP contribution >= 0.6 is 0 Å². The molecule has 5 nitrogen and oxygen atoms in total. The van der Waals surface area contributed by atoms with Gasteiger partial charge in [0.1, 0.15) is 11.3 Å². The highest BCUT2D eigenvalue weighted by molar-refractivity contribution is 5.92. The first kappa shape index (κ1) is 16.1. The number of aromatic carboxylic acids is 1. The number of carbonyl (C=O) groups is 1. The quantitative estimate of drug-likeness (QED) is 0.840. The normalized spacial score (nSPS) is 14.5. The summed E-state index contributed by atoms with van der Waals surface area (Å²) >= 11 is 0. The minimum absolute atomic E-state index is 0.147. The molecule has 1 saturated heterocycles. The largest absolute Gasteiger partial charge is 0.507 e. The molecule has 0 spiro atoms. The predicted octanol–water partition coefficient (Wildman–Crippen LogP) is 3.75. The van der Waals surface area contributed by atoms with E-state index in [9.17, 15) is 9.90 Å². The first-order valence-corrected chi connectivity index (χ1v) is 8.00. The van der Waals surface area contributed by atoms with Crippen LogP contribution in [0.15, 0.2) is 41.4 Å². The molecule has 0 saturated carbocycles. The van der Waals surface area contributed by atoms with Gasteiger partial charge in [-0.25, -0.2) is 4.79 Å². The number of aliphatic imine (C=N–C) groups is 1. The smallest absolute Gasteiger partial charge is 0.339 e. The number of carboxylic acid groups (broad SMARTS) is 1. The van der Waals surface area contributed by atoms with E-state index in [1.807, 2.05) is 13.0 Å². The molecule has 1 heterocycles. The third kappa shape index (κ3) is 3.40. The lowest BCUT2D eigenvalue weighted by Crippen LogP contribution is -2.17. The third-order valence-electron chi connectivity index (χ3n) is 4.29. The average Bonchev–Trinajstić information content (AvgIpc) is 3.09. The number of rotatable bonds is 4. The van der Waals surface area contributed by atoms with Gasteiger partial charge in [-0.15, -0.1) is 0 Å². The van der Waals surface area contributed by atoms with Crippen LogP contribution in [-0.2, 0) is 0 Å². The molecule has 2 aromatic rings. The van der Waals surface area contributed by atoms with E-state index in [0.29, 0.717) is 5.69 Å². The van der Waals surface area contributed by atoms with Crippen LogP contribution in [0.25, 0.3) is 0 Å². The molecule has 3 rings (SSSR count). The molecule has 0 aliphatic carbocycles. The molecule has 1 aliphatic rings. The van der Waals surface area contributed by atoms with E-state index in [4.69, 9.17) is 5.11 Å². The van der Waals surface area contributed by atoms with Gasteiger partial charge in [-0.2, -0.15) is 0 Å². The number of nitrogens with zero attached hydrogens (tertiary/aromatic N) is 2. The molecule has 0 unspecified atom stereocenters. The molecule has 0 radical (unpaired) electrons. The van der Waals surface area contributed by atoms with Crippen molar-refractivity contribution < 1.29 is 15.0 Å². The molecular weight excluding hydrogens is 304 g/mol. The molecule has 1 fully saturated rings. The zero-order valence-electron chi connectivity index (χ0n) is 13.6. The molecule has 0 amide bonds. The highest BCUT2D eigenvalue weighted by Crippen LogP contribution is 2.25. The lowest BCUT2D eigenvalue weighted by atomic mass is 10.1. The second-order valence-corrected chi connectivity index (χ2v) is 6.00. The minimum Gasteiger partial charge on any atom is -0.507 e. The molecule has 24 heavy (non-hydrogen) atoms. The van der Waals surface area contributed by atoms with Crippen molar-refractivity contribution >= 4 is 23.6 Å². The highest BCUT2D eigenvalue weighted by Gasteiger charge is 2.13. The Balaban J connectivity index is 1.81. The molecule has 5 heteroatoms. The van der Waals surface area contributed by atoms with E-state index in [1.165, 1.54) is 30.7 Å². The first-order chi connectivity index (χ1) is 11.5. The van der Waals surface area contributed by atoms with Gasteiger partial charge in [0.2, 0.25) is 0 Å². The highest BCUT2D eigenvalue weighted by atomic mass is 16.4. The van der Waals surface area contributed by atoms with Gasteiger partial charge in [0, 0.05) is 25.0 Å². The number of hydrogen-bond donors (Lipinski definition) is 2. The van der Waals surface area contributed by atoms with Gasteiger partial charge < -0.3 is 15.1 Å². The topological polar surface area (TPSA) is 73.1 Å². The summed E-state index contributed by atoms with van der Waals surface area (Å²) < 4.78 is 0. The fourth-order valence-electron chi connectivity index (χ4n) is 2.90. The van der Waals surface area contributed by atoms with E-state index in [2.05, 4.69) is 22.0 Å². The fraction of sp³-hybridized carbons (Fsp3) is 0.263. The Kier molecular flexibility index (Phi) is 4.51. The number of aromatic hydroxyl groups is 1. The van der Waals surface area contributed by atoms with Crippen LogP contribution in [0.2, 0.25) is 0 Å². The molecule has 2 N–H and O–H groups in total. The SMILES string of the molecule is Cc1cc(N2CCCC2)ccc1C=Nc1ccc(O)c(C(=O)O)c1. The summed E-state index contributed by atoms with van der Waals surface area (Å²) in [5, 5.41) is 18.6. The predicted molar refractivity (Wildman–Crippen MR) is 94.9 cm³/mol. The maximum absolute atomic E-state index is 11.0. The Labute approximate surface area is 140 Å². The van der Waals surface area contributed by atoms with Crippen molar-refractivity contribution in [3.05, 3.63) is 53.1 Å². The summed E-state index contributed by atoms with van der Waals surface area (Å²) in [7, 11) is 0. The van der Waals surface area contributed by atoms with Gasteiger partial charge in [0.05, 0.1) is 5.69 Å². The zero-order chi connectivity index (χ0) is 17.1. The number of benzene rings is 2. The average molecular weight is 324 g/mol. The molecule has 124 valence electrons. The van der Waals surface area contributed by atoms with Gasteiger partial charge in [-0.3, -0.25) is 4.99 Å². The maximum Gasteiger partial charge on any atom is 0.339 e. The fourth-order valence-corrected chi connectivity index (χ4v) is 2.90. The molecular formula is C19H20N2O3. The number of phenols is 1. The van der Waals surface area contributed by atoms with Crippen LogP contribution in [0.1, 0.15) is 34.3 Å². The van der Waals surface area contributed by atoms with Crippen molar-refractivity contribution in [3.8, 4) is 5.75 Å². The Hall–Kier alpha value is -2.82. The van der Waals surface area contributed by atoms with Crippen LogP contribution < -0.4 is 4.90 Å². The van der Waals surface area contributed by atoms with Crippen LogP contribution in [0.4, 0.5) is 11.4 Å². The summed E-state index contributed by atoms with van der Waals surface area (Å²) in [6.45, 7) is 4.26. The van der Waals surface area contributed by atoms with E-state index in [-0.39, 0.29) is 11.3 Å². The van der Waals surface area contributed by atoms with E-state index < -0.39 is 5.97 Å². The molecule has 1 aliphatic heterocycles. The van der Waals surface area contributed by atoms with Gasteiger partial charge in [0.15, 0.2) is 0 Å². The maximum atomic E-state index is 11.0. The third-order valence-corrected chi connectivity index (χ3v) is 4.29.